The number of rotatable bonds is 8. The molecule has 6 rings (SSSR count). The van der Waals surface area contributed by atoms with Crippen LogP contribution in [0.1, 0.15) is 91.9 Å². The minimum Gasteiger partial charge on any atom is -0.481 e. The first-order valence-electron chi connectivity index (χ1n) is 17.9. The van der Waals surface area contributed by atoms with Gasteiger partial charge in [-0.1, -0.05) is 33.3 Å². The van der Waals surface area contributed by atoms with E-state index in [0.29, 0.717) is 43.3 Å². The molecule has 1 heterocycles. The number of hydrogen-bond acceptors (Lipinski definition) is 9. The molecule has 10 heteroatoms. The summed E-state index contributed by atoms with van der Waals surface area (Å²) in [4.78, 5) is 32.0. The van der Waals surface area contributed by atoms with Gasteiger partial charge in [-0.2, -0.15) is 5.06 Å². The molecule has 1 aliphatic heterocycles. The van der Waals surface area contributed by atoms with Crippen molar-refractivity contribution in [2.45, 2.75) is 122 Å². The summed E-state index contributed by atoms with van der Waals surface area (Å²) in [6.07, 6.45) is 7.36. The quantitative estimate of drug-likeness (QED) is 0.248. The number of aliphatic carboxylic acids is 1. The molecule has 0 amide bonds. The highest BCUT2D eigenvalue weighted by Gasteiger charge is 2.65. The second-order valence-corrected chi connectivity index (χ2v) is 16.6. The molecule has 0 aromatic carbocycles. The van der Waals surface area contributed by atoms with Crippen molar-refractivity contribution in [3.63, 3.8) is 0 Å². The largest absolute Gasteiger partial charge is 0.481 e. The molecular weight excluding hydrogens is 588 g/mol. The first-order valence-corrected chi connectivity index (χ1v) is 17.9. The van der Waals surface area contributed by atoms with Gasteiger partial charge in [0, 0.05) is 31.5 Å². The van der Waals surface area contributed by atoms with Crippen LogP contribution in [0, 0.1) is 51.8 Å². The van der Waals surface area contributed by atoms with E-state index in [-0.39, 0.29) is 52.8 Å². The highest BCUT2D eigenvalue weighted by molar-refractivity contribution is 5.95. The molecule has 46 heavy (non-hydrogen) atoms. The minimum atomic E-state index is -1.12. The zero-order valence-electron chi connectivity index (χ0n) is 28.5. The van der Waals surface area contributed by atoms with Gasteiger partial charge >= 0.3 is 5.97 Å². The van der Waals surface area contributed by atoms with Gasteiger partial charge in [0.25, 0.3) is 0 Å². The number of aliphatic hydroxyl groups is 3. The Kier molecular flexibility index (Phi) is 9.60. The van der Waals surface area contributed by atoms with Crippen LogP contribution in [0.25, 0.3) is 0 Å². The van der Waals surface area contributed by atoms with Crippen molar-refractivity contribution in [3.05, 3.63) is 11.6 Å². The highest BCUT2D eigenvalue weighted by Crippen LogP contribution is 2.69. The number of ketones is 1. The summed E-state index contributed by atoms with van der Waals surface area (Å²) < 4.78 is 5.83. The van der Waals surface area contributed by atoms with E-state index in [1.54, 1.807) is 12.2 Å². The van der Waals surface area contributed by atoms with Gasteiger partial charge < -0.3 is 30.5 Å². The lowest BCUT2D eigenvalue weighted by molar-refractivity contribution is -0.294. The summed E-state index contributed by atoms with van der Waals surface area (Å²) in [5.74, 6) is 0.664. The predicted octanol–water partition coefficient (Wildman–Crippen LogP) is 3.53. The lowest BCUT2D eigenvalue weighted by Gasteiger charge is -2.65. The van der Waals surface area contributed by atoms with Gasteiger partial charge in [-0.05, 0) is 104 Å². The Labute approximate surface area is 274 Å². The van der Waals surface area contributed by atoms with E-state index >= 15 is 0 Å². The van der Waals surface area contributed by atoms with E-state index in [1.807, 2.05) is 6.08 Å². The normalized spacial score (nSPS) is 48.9. The summed E-state index contributed by atoms with van der Waals surface area (Å²) in [7, 11) is 1.56. The molecule has 6 aliphatic rings. The highest BCUT2D eigenvalue weighted by atomic mass is 16.7. The number of carbonyl (C=O) groups is 2. The molecule has 5 N–H and O–H groups in total. The maximum Gasteiger partial charge on any atom is 0.306 e. The topological polar surface area (TPSA) is 149 Å². The number of hydrogen-bond donors (Lipinski definition) is 5. The fraction of sp³-hybridized carbons (Fsp3) is 0.889. The van der Waals surface area contributed by atoms with Crippen LogP contribution < -0.4 is 5.32 Å². The summed E-state index contributed by atoms with van der Waals surface area (Å²) in [5.41, 5.74) is 1.21. The lowest BCUT2D eigenvalue weighted by atomic mass is 9.38. The summed E-state index contributed by atoms with van der Waals surface area (Å²) in [6, 6.07) is 0.307. The van der Waals surface area contributed by atoms with Gasteiger partial charge in [-0.3, -0.25) is 14.4 Å². The number of fused-ring (bicyclic) bond motifs is 7. The Bertz CT molecular complexity index is 1200. The zero-order chi connectivity index (χ0) is 33.2. The Morgan fingerprint density at radius 2 is 1.76 bits per heavy atom. The van der Waals surface area contributed by atoms with Crippen molar-refractivity contribution in [1.29, 1.82) is 0 Å². The average Bonchev–Trinajstić information content (AvgIpc) is 3.00. The minimum absolute atomic E-state index is 0.00667. The van der Waals surface area contributed by atoms with Gasteiger partial charge in [-0.15, -0.1) is 0 Å². The number of nitrogens with zero attached hydrogens (tertiary/aromatic N) is 1. The Hall–Kier alpha value is -1.40. The van der Waals surface area contributed by atoms with Crippen LogP contribution in [0.2, 0.25) is 0 Å². The molecule has 10 nitrogen and oxygen atoms in total. The fourth-order valence-corrected chi connectivity index (χ4v) is 11.9. The van der Waals surface area contributed by atoms with Gasteiger partial charge in [-0.25, -0.2) is 0 Å². The molecule has 5 fully saturated rings. The SMILES string of the molecule is CON(CCNC1CCC2(C)C(CCC3(C)C4CCC5(C)CCC(C(=O)O)CC5C4=CC(=O)C32)C1C)C1CC(O)C(O)C(CO)O1. The number of allylic oxidation sites excluding steroid dienone is 2. The van der Waals surface area contributed by atoms with E-state index < -0.39 is 30.5 Å². The van der Waals surface area contributed by atoms with Gasteiger partial charge in [0.1, 0.15) is 18.4 Å². The third-order valence-corrected chi connectivity index (χ3v) is 14.4. The molecular formula is C36H58N2O8. The van der Waals surface area contributed by atoms with Crippen molar-refractivity contribution in [3.8, 4) is 0 Å². The second-order valence-electron chi connectivity index (χ2n) is 16.6. The number of ether oxygens (including phenoxy) is 1. The first-order chi connectivity index (χ1) is 21.8. The third kappa shape index (κ3) is 5.61. The molecule has 4 saturated carbocycles. The smallest absolute Gasteiger partial charge is 0.306 e. The van der Waals surface area contributed by atoms with E-state index in [4.69, 9.17) is 9.57 Å². The van der Waals surface area contributed by atoms with Gasteiger partial charge in [0.2, 0.25) is 0 Å². The maximum atomic E-state index is 14.4. The number of hydroxylamine groups is 2. The van der Waals surface area contributed by atoms with E-state index in [1.165, 1.54) is 5.57 Å². The molecule has 0 bridgehead atoms. The fourth-order valence-electron chi connectivity index (χ4n) is 11.9. The van der Waals surface area contributed by atoms with Crippen molar-refractivity contribution >= 4 is 11.8 Å². The average molecular weight is 647 g/mol. The van der Waals surface area contributed by atoms with E-state index in [9.17, 15) is 30.0 Å². The molecule has 260 valence electrons. The van der Waals surface area contributed by atoms with Gasteiger partial charge in [0.05, 0.1) is 25.7 Å². The second kappa shape index (κ2) is 12.8. The summed E-state index contributed by atoms with van der Waals surface area (Å²) >= 11 is 0. The summed E-state index contributed by atoms with van der Waals surface area (Å²) in [6.45, 7) is 10.3. The van der Waals surface area contributed by atoms with Crippen LogP contribution >= 0.6 is 0 Å². The molecule has 0 aromatic heterocycles. The molecule has 14 unspecified atom stereocenters. The Morgan fingerprint density at radius 1 is 1.04 bits per heavy atom. The summed E-state index contributed by atoms with van der Waals surface area (Å²) in [5, 5.41) is 45.3. The van der Waals surface area contributed by atoms with Gasteiger partial charge in [0.15, 0.2) is 5.78 Å². The Morgan fingerprint density at radius 3 is 2.46 bits per heavy atom. The number of carbonyl (C=O) groups excluding carboxylic acids is 1. The lowest BCUT2D eigenvalue weighted by Crippen LogP contribution is -2.63. The first kappa shape index (κ1) is 34.5. The zero-order valence-corrected chi connectivity index (χ0v) is 28.5. The number of nitrogens with one attached hydrogen (secondary N) is 1. The monoisotopic (exact) mass is 646 g/mol. The van der Waals surface area contributed by atoms with Crippen molar-refractivity contribution in [2.24, 2.45) is 51.8 Å². The number of carboxylic acids is 1. The van der Waals surface area contributed by atoms with Crippen LogP contribution in [0.4, 0.5) is 0 Å². The maximum absolute atomic E-state index is 14.4. The van der Waals surface area contributed by atoms with Crippen molar-refractivity contribution < 1.29 is 39.6 Å². The molecule has 14 atom stereocenters. The van der Waals surface area contributed by atoms with Crippen molar-refractivity contribution in [1.82, 2.24) is 10.4 Å². The number of carboxylic acid groups (broad SMARTS) is 1. The van der Waals surface area contributed by atoms with Crippen LogP contribution in [0.5, 0.6) is 0 Å². The van der Waals surface area contributed by atoms with Crippen LogP contribution in [0.15, 0.2) is 11.6 Å². The molecule has 5 aliphatic carbocycles. The van der Waals surface area contributed by atoms with Crippen LogP contribution in [-0.2, 0) is 19.2 Å². The third-order valence-electron chi connectivity index (χ3n) is 14.4. The molecule has 0 spiro atoms. The predicted molar refractivity (Wildman–Crippen MR) is 171 cm³/mol. The molecule has 0 radical (unpaired) electrons. The van der Waals surface area contributed by atoms with E-state index in [0.717, 1.165) is 51.4 Å². The molecule has 0 aromatic rings. The van der Waals surface area contributed by atoms with Crippen molar-refractivity contribution in [2.75, 3.05) is 26.8 Å². The van der Waals surface area contributed by atoms with Crippen LogP contribution in [0.3, 0.4) is 0 Å². The van der Waals surface area contributed by atoms with Crippen LogP contribution in [-0.4, -0.2) is 94.6 Å². The molecule has 1 saturated heterocycles. The Balaban J connectivity index is 1.13. The van der Waals surface area contributed by atoms with E-state index in [2.05, 4.69) is 33.0 Å². The number of aliphatic hydroxyl groups excluding tert-OH is 3. The standard InChI is InChI=1S/C36H58N2O8/c1-20-23-8-12-36(4)24-7-11-34(2)10-6-21(33(43)44)16-25(34)22(24)17-28(41)32(36)35(23,3)13-9-26(20)37-14-15-38(45-5)30-18-27(40)31(42)29(19-39)46-30/h17,20-21,23-27,29-32,37,39-40,42H,6-16,18-19H2,1-5H3,(H,43,44).